The van der Waals surface area contributed by atoms with E-state index in [1.165, 1.54) is 45.8 Å². The van der Waals surface area contributed by atoms with Crippen molar-refractivity contribution in [3.05, 3.63) is 24.3 Å². The molecule has 134 valence electrons. The molecule has 25 heavy (non-hydrogen) atoms. The highest BCUT2D eigenvalue weighted by Crippen LogP contribution is 2.52. The first kappa shape index (κ1) is 17.6. The number of hydrogen-bond acceptors (Lipinski definition) is 6. The largest absolute Gasteiger partial charge is 0.508 e. The zero-order valence-electron chi connectivity index (χ0n) is 13.7. The SMILES string of the molecule is CC1(C)S[C@H]2C(N(C(=O)CN)c3ccc(O)cc3)C(=O)N2C1C(=O)O. The normalized spacial score (nSPS) is 26.8. The second-order valence-electron chi connectivity index (χ2n) is 6.53. The number of carboxylic acids is 1. The fraction of sp³-hybridized carbons (Fsp3) is 0.438. The number of carboxylic acid groups (broad SMARTS) is 1. The van der Waals surface area contributed by atoms with E-state index in [4.69, 9.17) is 5.73 Å². The number of fused-ring (bicyclic) bond motifs is 1. The Morgan fingerprint density at radius 1 is 1.32 bits per heavy atom. The average Bonchev–Trinajstić information content (AvgIpc) is 2.80. The van der Waals surface area contributed by atoms with E-state index in [9.17, 15) is 24.6 Å². The lowest BCUT2D eigenvalue weighted by Crippen LogP contribution is -2.72. The van der Waals surface area contributed by atoms with Gasteiger partial charge in [-0.2, -0.15) is 0 Å². The van der Waals surface area contributed by atoms with Crippen molar-refractivity contribution >= 4 is 35.2 Å². The van der Waals surface area contributed by atoms with E-state index in [2.05, 4.69) is 0 Å². The Morgan fingerprint density at radius 2 is 1.92 bits per heavy atom. The summed E-state index contributed by atoms with van der Waals surface area (Å²) in [6.07, 6.45) is 0. The lowest BCUT2D eigenvalue weighted by Gasteiger charge is -2.48. The molecule has 0 aliphatic carbocycles. The summed E-state index contributed by atoms with van der Waals surface area (Å²) in [5.41, 5.74) is 5.94. The zero-order valence-corrected chi connectivity index (χ0v) is 14.6. The van der Waals surface area contributed by atoms with Crippen LogP contribution in [0.15, 0.2) is 24.3 Å². The molecular formula is C16H19N3O5S. The van der Waals surface area contributed by atoms with E-state index in [1.54, 1.807) is 13.8 Å². The molecule has 2 aliphatic heterocycles. The van der Waals surface area contributed by atoms with E-state index >= 15 is 0 Å². The molecule has 1 aromatic carbocycles. The van der Waals surface area contributed by atoms with Crippen LogP contribution in [0.5, 0.6) is 5.75 Å². The molecule has 0 spiro atoms. The maximum Gasteiger partial charge on any atom is 0.327 e. The lowest BCUT2D eigenvalue weighted by molar-refractivity contribution is -0.159. The summed E-state index contributed by atoms with van der Waals surface area (Å²) < 4.78 is -0.673. The van der Waals surface area contributed by atoms with Crippen LogP contribution in [0.2, 0.25) is 0 Å². The van der Waals surface area contributed by atoms with E-state index < -0.39 is 40.0 Å². The number of β-lactam (4-membered cyclic amide) rings is 1. The number of carbonyl (C=O) groups excluding carboxylic acids is 2. The topological polar surface area (TPSA) is 124 Å². The Hall–Kier alpha value is -2.26. The second kappa shape index (κ2) is 5.92. The van der Waals surface area contributed by atoms with Gasteiger partial charge in [-0.15, -0.1) is 11.8 Å². The van der Waals surface area contributed by atoms with Gasteiger partial charge < -0.3 is 20.8 Å². The van der Waals surface area contributed by atoms with Crippen molar-refractivity contribution in [2.75, 3.05) is 11.4 Å². The Labute approximate surface area is 148 Å². The van der Waals surface area contributed by atoms with Gasteiger partial charge in [-0.3, -0.25) is 14.5 Å². The van der Waals surface area contributed by atoms with Gasteiger partial charge in [-0.1, -0.05) is 0 Å². The number of aliphatic carboxylic acids is 1. The number of phenolic OH excluding ortho intramolecular Hbond substituents is 1. The summed E-state index contributed by atoms with van der Waals surface area (Å²) in [6.45, 7) is 3.26. The van der Waals surface area contributed by atoms with Crippen molar-refractivity contribution in [1.82, 2.24) is 4.90 Å². The summed E-state index contributed by atoms with van der Waals surface area (Å²) >= 11 is 1.36. The van der Waals surface area contributed by atoms with Crippen LogP contribution in [0.3, 0.4) is 0 Å². The minimum absolute atomic E-state index is 0.0350. The molecule has 2 heterocycles. The van der Waals surface area contributed by atoms with Crippen LogP contribution in [0.1, 0.15) is 13.8 Å². The molecule has 2 aliphatic rings. The number of amides is 2. The molecule has 8 nitrogen and oxygen atoms in total. The predicted octanol–water partition coefficient (Wildman–Crippen LogP) is 0.199. The molecule has 2 unspecified atom stereocenters. The van der Waals surface area contributed by atoms with E-state index in [-0.39, 0.29) is 12.3 Å². The number of anilines is 1. The van der Waals surface area contributed by atoms with Crippen LogP contribution in [0.25, 0.3) is 0 Å². The smallest absolute Gasteiger partial charge is 0.327 e. The monoisotopic (exact) mass is 365 g/mol. The quantitative estimate of drug-likeness (QED) is 0.651. The maximum absolute atomic E-state index is 12.7. The molecular weight excluding hydrogens is 346 g/mol. The molecule has 1 aromatic rings. The number of aromatic hydroxyl groups is 1. The van der Waals surface area contributed by atoms with Crippen LogP contribution in [-0.2, 0) is 14.4 Å². The highest BCUT2D eigenvalue weighted by Gasteiger charge is 2.65. The number of hydrogen-bond donors (Lipinski definition) is 3. The molecule has 0 aromatic heterocycles. The van der Waals surface area contributed by atoms with Gasteiger partial charge in [0.05, 0.1) is 6.54 Å². The summed E-state index contributed by atoms with van der Waals surface area (Å²) in [6, 6.07) is 4.13. The lowest BCUT2D eigenvalue weighted by atomic mass is 9.95. The first-order valence-corrected chi connectivity index (χ1v) is 8.61. The third-order valence-corrected chi connectivity index (χ3v) is 6.05. The Kier molecular flexibility index (Phi) is 4.16. The van der Waals surface area contributed by atoms with Gasteiger partial charge in [0.25, 0.3) is 5.91 Å². The van der Waals surface area contributed by atoms with Crippen molar-refractivity contribution in [1.29, 1.82) is 0 Å². The van der Waals surface area contributed by atoms with Gasteiger partial charge in [0, 0.05) is 10.4 Å². The molecule has 3 atom stereocenters. The fourth-order valence-electron chi connectivity index (χ4n) is 3.40. The predicted molar refractivity (Wildman–Crippen MR) is 92.2 cm³/mol. The average molecular weight is 365 g/mol. The number of benzene rings is 1. The van der Waals surface area contributed by atoms with Gasteiger partial charge in [0.1, 0.15) is 23.2 Å². The standard InChI is InChI=1S/C16H19N3O5S/c1-16(2)12(15(23)24)19-13(22)11(14(19)25-16)18(10(21)7-17)8-3-5-9(20)6-4-8/h3-6,11-12,14,20H,7,17H2,1-2H3,(H,23,24)/t11?,12?,14-/m0/s1. The molecule has 4 N–H and O–H groups in total. The Morgan fingerprint density at radius 3 is 2.44 bits per heavy atom. The zero-order chi connectivity index (χ0) is 18.5. The van der Waals surface area contributed by atoms with Gasteiger partial charge >= 0.3 is 5.97 Å². The van der Waals surface area contributed by atoms with Crippen molar-refractivity contribution in [2.45, 2.75) is 36.1 Å². The molecule has 9 heteroatoms. The van der Waals surface area contributed by atoms with Crippen LogP contribution in [0.4, 0.5) is 5.69 Å². The minimum atomic E-state index is -1.06. The molecule has 2 fully saturated rings. The second-order valence-corrected chi connectivity index (χ2v) is 8.30. The van der Waals surface area contributed by atoms with Gasteiger partial charge in [0.2, 0.25) is 5.91 Å². The number of rotatable bonds is 4. The number of thioether (sulfide) groups is 1. The van der Waals surface area contributed by atoms with Crippen LogP contribution >= 0.6 is 11.8 Å². The Bertz CT molecular complexity index is 736. The molecule has 0 radical (unpaired) electrons. The van der Waals surface area contributed by atoms with Gasteiger partial charge in [0.15, 0.2) is 0 Å². The van der Waals surface area contributed by atoms with E-state index in [0.29, 0.717) is 5.69 Å². The fourth-order valence-corrected chi connectivity index (χ4v) is 5.07. The highest BCUT2D eigenvalue weighted by molar-refractivity contribution is 8.01. The number of nitrogens with zero attached hydrogens (tertiary/aromatic N) is 2. The summed E-state index contributed by atoms with van der Waals surface area (Å²) in [7, 11) is 0. The third kappa shape index (κ3) is 2.63. The maximum atomic E-state index is 12.7. The summed E-state index contributed by atoms with van der Waals surface area (Å²) in [4.78, 5) is 39.3. The van der Waals surface area contributed by atoms with Crippen LogP contribution in [-0.4, -0.2) is 61.6 Å². The molecule has 3 rings (SSSR count). The van der Waals surface area contributed by atoms with E-state index in [0.717, 1.165) is 0 Å². The Balaban J connectivity index is 1.97. The van der Waals surface area contributed by atoms with E-state index in [1.807, 2.05) is 0 Å². The molecule has 0 bridgehead atoms. The number of carbonyl (C=O) groups is 3. The van der Waals surface area contributed by atoms with Crippen molar-refractivity contribution in [3.63, 3.8) is 0 Å². The summed E-state index contributed by atoms with van der Waals surface area (Å²) in [5.74, 6) is -1.88. The molecule has 2 amide bonds. The van der Waals surface area contributed by atoms with Gasteiger partial charge in [-0.05, 0) is 38.1 Å². The number of phenols is 1. The molecule has 0 saturated carbocycles. The van der Waals surface area contributed by atoms with Crippen molar-refractivity contribution in [2.24, 2.45) is 5.73 Å². The van der Waals surface area contributed by atoms with Crippen LogP contribution < -0.4 is 10.6 Å². The third-order valence-electron chi connectivity index (χ3n) is 4.50. The van der Waals surface area contributed by atoms with Gasteiger partial charge in [-0.25, -0.2) is 4.79 Å². The van der Waals surface area contributed by atoms with Crippen molar-refractivity contribution < 1.29 is 24.6 Å². The number of nitrogens with two attached hydrogens (primary N) is 1. The molecule has 2 saturated heterocycles. The first-order chi connectivity index (χ1) is 11.7. The van der Waals surface area contributed by atoms with Crippen molar-refractivity contribution in [3.8, 4) is 5.75 Å². The summed E-state index contributed by atoms with van der Waals surface area (Å²) in [5, 5.41) is 18.5. The first-order valence-electron chi connectivity index (χ1n) is 7.73. The minimum Gasteiger partial charge on any atom is -0.508 e. The van der Waals surface area contributed by atoms with Crippen LogP contribution in [0, 0.1) is 0 Å². The highest BCUT2D eigenvalue weighted by atomic mass is 32.2.